The SMILES string of the molecule is CS(=O)(=O)c1cccc(CN2CCOc3ccc(C(=O)NO)cc32)c1. The van der Waals surface area contributed by atoms with Gasteiger partial charge in [0.25, 0.3) is 5.91 Å². The molecular formula is C17H18N2O5S. The van der Waals surface area contributed by atoms with Crippen LogP contribution in [0.2, 0.25) is 0 Å². The van der Waals surface area contributed by atoms with Crippen LogP contribution in [0, 0.1) is 0 Å². The molecule has 1 aliphatic rings. The Morgan fingerprint density at radius 2 is 2.08 bits per heavy atom. The van der Waals surface area contributed by atoms with Crippen molar-refractivity contribution in [3.05, 3.63) is 53.6 Å². The molecule has 7 nitrogen and oxygen atoms in total. The number of hydrogen-bond acceptors (Lipinski definition) is 6. The lowest BCUT2D eigenvalue weighted by atomic mass is 10.1. The van der Waals surface area contributed by atoms with Gasteiger partial charge >= 0.3 is 0 Å². The quantitative estimate of drug-likeness (QED) is 0.634. The Hall–Kier alpha value is -2.58. The molecule has 0 aromatic heterocycles. The molecule has 0 atom stereocenters. The number of ether oxygens (including phenoxy) is 1. The van der Waals surface area contributed by atoms with Gasteiger partial charge in [-0.2, -0.15) is 0 Å². The molecule has 0 unspecified atom stereocenters. The van der Waals surface area contributed by atoms with Gasteiger partial charge in [-0.3, -0.25) is 10.0 Å². The summed E-state index contributed by atoms with van der Waals surface area (Å²) in [6, 6.07) is 11.7. The summed E-state index contributed by atoms with van der Waals surface area (Å²) in [6.07, 6.45) is 1.18. The molecule has 0 radical (unpaired) electrons. The molecule has 1 amide bonds. The maximum atomic E-state index is 11.7. The first-order chi connectivity index (χ1) is 11.9. The Labute approximate surface area is 145 Å². The molecule has 0 saturated carbocycles. The number of hydroxylamine groups is 1. The fourth-order valence-corrected chi connectivity index (χ4v) is 3.43. The predicted octanol–water partition coefficient (Wildman–Crippen LogP) is 1.61. The van der Waals surface area contributed by atoms with Gasteiger partial charge in [-0.05, 0) is 35.9 Å². The number of sulfone groups is 1. The Morgan fingerprint density at radius 1 is 1.28 bits per heavy atom. The van der Waals surface area contributed by atoms with Crippen molar-refractivity contribution in [3.63, 3.8) is 0 Å². The zero-order valence-corrected chi connectivity index (χ0v) is 14.4. The second-order valence-electron chi connectivity index (χ2n) is 5.81. The van der Waals surface area contributed by atoms with E-state index in [-0.39, 0.29) is 4.90 Å². The van der Waals surface area contributed by atoms with Gasteiger partial charge in [0.2, 0.25) is 0 Å². The van der Waals surface area contributed by atoms with Gasteiger partial charge in [-0.1, -0.05) is 12.1 Å². The predicted molar refractivity (Wildman–Crippen MR) is 91.8 cm³/mol. The average molecular weight is 362 g/mol. The van der Waals surface area contributed by atoms with Crippen molar-refractivity contribution in [3.8, 4) is 5.75 Å². The van der Waals surface area contributed by atoms with E-state index < -0.39 is 15.7 Å². The fourth-order valence-electron chi connectivity index (χ4n) is 2.74. The minimum absolute atomic E-state index is 0.270. The van der Waals surface area contributed by atoms with E-state index in [0.29, 0.717) is 31.0 Å². The summed E-state index contributed by atoms with van der Waals surface area (Å²) in [5, 5.41) is 8.80. The molecule has 0 bridgehead atoms. The van der Waals surface area contributed by atoms with Gasteiger partial charge in [-0.25, -0.2) is 13.9 Å². The highest BCUT2D eigenvalue weighted by molar-refractivity contribution is 7.90. The molecule has 1 heterocycles. The van der Waals surface area contributed by atoms with Gasteiger partial charge in [0.05, 0.1) is 17.1 Å². The van der Waals surface area contributed by atoms with Gasteiger partial charge in [0.1, 0.15) is 12.4 Å². The Bertz CT molecular complexity index is 911. The smallest absolute Gasteiger partial charge is 0.274 e. The van der Waals surface area contributed by atoms with E-state index in [1.54, 1.807) is 41.9 Å². The van der Waals surface area contributed by atoms with Crippen molar-refractivity contribution in [2.75, 3.05) is 24.3 Å². The number of anilines is 1. The van der Waals surface area contributed by atoms with E-state index in [2.05, 4.69) is 0 Å². The van der Waals surface area contributed by atoms with Gasteiger partial charge in [-0.15, -0.1) is 0 Å². The van der Waals surface area contributed by atoms with Crippen LogP contribution in [0.1, 0.15) is 15.9 Å². The number of benzene rings is 2. The van der Waals surface area contributed by atoms with Crippen molar-refractivity contribution >= 4 is 21.4 Å². The number of nitrogens with one attached hydrogen (secondary N) is 1. The van der Waals surface area contributed by atoms with Crippen molar-refractivity contribution in [1.29, 1.82) is 0 Å². The van der Waals surface area contributed by atoms with E-state index >= 15 is 0 Å². The minimum Gasteiger partial charge on any atom is -0.490 e. The molecule has 2 aromatic carbocycles. The van der Waals surface area contributed by atoms with Crippen molar-refractivity contribution in [1.82, 2.24) is 5.48 Å². The van der Waals surface area contributed by atoms with Crippen molar-refractivity contribution in [2.24, 2.45) is 0 Å². The van der Waals surface area contributed by atoms with Gasteiger partial charge in [0.15, 0.2) is 9.84 Å². The highest BCUT2D eigenvalue weighted by atomic mass is 32.2. The number of fused-ring (bicyclic) bond motifs is 1. The molecule has 1 aliphatic heterocycles. The zero-order chi connectivity index (χ0) is 18.0. The third kappa shape index (κ3) is 3.75. The van der Waals surface area contributed by atoms with E-state index in [9.17, 15) is 13.2 Å². The molecule has 0 fully saturated rings. The maximum Gasteiger partial charge on any atom is 0.274 e. The Kier molecular flexibility index (Phi) is 4.65. The fraction of sp³-hybridized carbons (Fsp3) is 0.235. The average Bonchev–Trinajstić information content (AvgIpc) is 2.60. The molecule has 3 rings (SSSR count). The van der Waals surface area contributed by atoms with Crippen LogP contribution in [0.4, 0.5) is 5.69 Å². The third-order valence-electron chi connectivity index (χ3n) is 3.98. The molecule has 132 valence electrons. The number of nitrogens with zero attached hydrogens (tertiary/aromatic N) is 1. The lowest BCUT2D eigenvalue weighted by Crippen LogP contribution is -2.32. The standard InChI is InChI=1S/C17H18N2O5S/c1-25(22,23)14-4-2-3-12(9-14)11-19-7-8-24-16-6-5-13(10-15(16)19)17(20)18-21/h2-6,9-10,21H,7-8,11H2,1H3,(H,18,20). The normalized spacial score (nSPS) is 13.8. The van der Waals surface area contributed by atoms with E-state index in [4.69, 9.17) is 9.94 Å². The molecule has 2 N–H and O–H groups in total. The summed E-state index contributed by atoms with van der Waals surface area (Å²) in [7, 11) is -3.27. The second-order valence-corrected chi connectivity index (χ2v) is 7.83. The summed E-state index contributed by atoms with van der Waals surface area (Å²) in [5.41, 5.74) is 3.48. The number of rotatable bonds is 4. The first-order valence-corrected chi connectivity index (χ1v) is 9.53. The van der Waals surface area contributed by atoms with Crippen LogP contribution in [-0.4, -0.2) is 38.9 Å². The molecular weight excluding hydrogens is 344 g/mol. The summed E-state index contributed by atoms with van der Waals surface area (Å²) < 4.78 is 29.1. The molecule has 0 saturated heterocycles. The second kappa shape index (κ2) is 6.73. The summed E-state index contributed by atoms with van der Waals surface area (Å²) in [6.45, 7) is 1.56. The molecule has 0 spiro atoms. The van der Waals surface area contributed by atoms with Crippen LogP contribution in [0.25, 0.3) is 0 Å². The molecule has 25 heavy (non-hydrogen) atoms. The van der Waals surface area contributed by atoms with E-state index in [0.717, 1.165) is 11.3 Å². The van der Waals surface area contributed by atoms with E-state index in [1.165, 1.54) is 6.26 Å². The van der Waals surface area contributed by atoms with Crippen LogP contribution in [-0.2, 0) is 16.4 Å². The largest absolute Gasteiger partial charge is 0.490 e. The van der Waals surface area contributed by atoms with Crippen LogP contribution < -0.4 is 15.1 Å². The lowest BCUT2D eigenvalue weighted by molar-refractivity contribution is 0.0706. The van der Waals surface area contributed by atoms with Crippen molar-refractivity contribution < 1.29 is 23.2 Å². The highest BCUT2D eigenvalue weighted by Gasteiger charge is 2.20. The highest BCUT2D eigenvalue weighted by Crippen LogP contribution is 2.33. The van der Waals surface area contributed by atoms with Crippen LogP contribution in [0.5, 0.6) is 5.75 Å². The van der Waals surface area contributed by atoms with Gasteiger partial charge in [0, 0.05) is 18.4 Å². The number of carbonyl (C=O) groups is 1. The summed E-state index contributed by atoms with van der Waals surface area (Å²) in [4.78, 5) is 13.9. The number of carbonyl (C=O) groups excluding carboxylic acids is 1. The molecule has 2 aromatic rings. The Balaban J connectivity index is 1.92. The first kappa shape index (κ1) is 17.2. The van der Waals surface area contributed by atoms with Crippen LogP contribution in [0.3, 0.4) is 0 Å². The maximum absolute atomic E-state index is 11.7. The zero-order valence-electron chi connectivity index (χ0n) is 13.6. The number of amides is 1. The van der Waals surface area contributed by atoms with E-state index in [1.807, 2.05) is 11.0 Å². The topological polar surface area (TPSA) is 95.9 Å². The molecule has 8 heteroatoms. The minimum atomic E-state index is -3.27. The van der Waals surface area contributed by atoms with Crippen molar-refractivity contribution in [2.45, 2.75) is 11.4 Å². The lowest BCUT2D eigenvalue weighted by Gasteiger charge is -2.31. The molecule has 0 aliphatic carbocycles. The third-order valence-corrected chi connectivity index (χ3v) is 5.09. The monoisotopic (exact) mass is 362 g/mol. The van der Waals surface area contributed by atoms with Crippen LogP contribution in [0.15, 0.2) is 47.4 Å². The summed E-state index contributed by atoms with van der Waals surface area (Å²) in [5.74, 6) is 0.0346. The summed E-state index contributed by atoms with van der Waals surface area (Å²) >= 11 is 0. The van der Waals surface area contributed by atoms with Gasteiger partial charge < -0.3 is 9.64 Å². The van der Waals surface area contributed by atoms with Crippen LogP contribution >= 0.6 is 0 Å². The number of hydrogen-bond donors (Lipinski definition) is 2. The first-order valence-electron chi connectivity index (χ1n) is 7.64. The Morgan fingerprint density at radius 3 is 2.80 bits per heavy atom.